The van der Waals surface area contributed by atoms with Crippen LogP contribution in [-0.2, 0) is 10.9 Å². The summed E-state index contributed by atoms with van der Waals surface area (Å²) in [6.45, 7) is 0. The highest BCUT2D eigenvalue weighted by atomic mass is 19.4. The predicted molar refractivity (Wildman–Crippen MR) is 65.1 cm³/mol. The Morgan fingerprint density at radius 1 is 0.950 bits per heavy atom. The standard InChI is InChI=1S/C15H9F3O2/c16-15(17,18)10-7-5-9(6-8-10)13-11-3-1-2-4-12(11)14(19)20-13/h1-8,13H/t13-/m0/s1. The van der Waals surface area contributed by atoms with Crippen LogP contribution in [0.25, 0.3) is 0 Å². The lowest BCUT2D eigenvalue weighted by atomic mass is 9.98. The summed E-state index contributed by atoms with van der Waals surface area (Å²) in [6, 6.07) is 11.5. The first-order valence-corrected chi connectivity index (χ1v) is 5.94. The summed E-state index contributed by atoms with van der Waals surface area (Å²) in [5.74, 6) is -0.453. The maximum atomic E-state index is 12.5. The van der Waals surface area contributed by atoms with Gasteiger partial charge in [0.1, 0.15) is 0 Å². The summed E-state index contributed by atoms with van der Waals surface area (Å²) in [5, 5.41) is 0. The summed E-state index contributed by atoms with van der Waals surface area (Å²) in [5.41, 5.74) is 0.935. The quantitative estimate of drug-likeness (QED) is 0.738. The number of carbonyl (C=O) groups is 1. The van der Waals surface area contributed by atoms with E-state index in [9.17, 15) is 18.0 Å². The highest BCUT2D eigenvalue weighted by Crippen LogP contribution is 2.37. The minimum atomic E-state index is -4.37. The maximum Gasteiger partial charge on any atom is 0.416 e. The number of hydrogen-bond acceptors (Lipinski definition) is 2. The van der Waals surface area contributed by atoms with Crippen LogP contribution in [-0.4, -0.2) is 5.97 Å². The van der Waals surface area contributed by atoms with Crippen LogP contribution in [0.15, 0.2) is 48.5 Å². The molecule has 102 valence electrons. The van der Waals surface area contributed by atoms with Crippen LogP contribution < -0.4 is 0 Å². The van der Waals surface area contributed by atoms with Gasteiger partial charge < -0.3 is 4.74 Å². The minimum absolute atomic E-state index is 0.453. The molecule has 20 heavy (non-hydrogen) atoms. The van der Waals surface area contributed by atoms with Crippen molar-refractivity contribution in [3.8, 4) is 0 Å². The Balaban J connectivity index is 1.97. The van der Waals surface area contributed by atoms with Crippen LogP contribution in [0.2, 0.25) is 0 Å². The Bertz CT molecular complexity index is 660. The summed E-state index contributed by atoms with van der Waals surface area (Å²) in [4.78, 5) is 11.7. The lowest BCUT2D eigenvalue weighted by molar-refractivity contribution is -0.137. The van der Waals surface area contributed by atoms with Gasteiger partial charge in [-0.2, -0.15) is 13.2 Å². The normalized spacial score (nSPS) is 17.8. The molecular weight excluding hydrogens is 269 g/mol. The second kappa shape index (κ2) is 4.37. The van der Waals surface area contributed by atoms with Gasteiger partial charge in [-0.1, -0.05) is 30.3 Å². The zero-order valence-corrected chi connectivity index (χ0v) is 10.1. The van der Waals surface area contributed by atoms with Gasteiger partial charge in [0.25, 0.3) is 0 Å². The third kappa shape index (κ3) is 2.05. The van der Waals surface area contributed by atoms with Gasteiger partial charge in [0, 0.05) is 5.56 Å². The lowest BCUT2D eigenvalue weighted by Crippen LogP contribution is -2.06. The summed E-state index contributed by atoms with van der Waals surface area (Å²) < 4.78 is 42.8. The summed E-state index contributed by atoms with van der Waals surface area (Å²) >= 11 is 0. The SMILES string of the molecule is O=C1O[C@@H](c2ccc(C(F)(F)F)cc2)c2ccccc21. The fraction of sp³-hybridized carbons (Fsp3) is 0.133. The molecule has 1 heterocycles. The summed E-state index contributed by atoms with van der Waals surface area (Å²) in [6.07, 6.45) is -5.01. The summed E-state index contributed by atoms with van der Waals surface area (Å²) in [7, 11) is 0. The second-order valence-corrected chi connectivity index (χ2v) is 4.49. The van der Waals surface area contributed by atoms with Crippen molar-refractivity contribution in [2.45, 2.75) is 12.3 Å². The Labute approximate surface area is 112 Å². The van der Waals surface area contributed by atoms with Gasteiger partial charge in [-0.15, -0.1) is 0 Å². The maximum absolute atomic E-state index is 12.5. The second-order valence-electron chi connectivity index (χ2n) is 4.49. The molecule has 0 aliphatic carbocycles. The third-order valence-electron chi connectivity index (χ3n) is 3.23. The Kier molecular flexibility index (Phi) is 2.78. The zero-order valence-electron chi connectivity index (χ0n) is 10.1. The van der Waals surface area contributed by atoms with E-state index in [1.54, 1.807) is 24.3 Å². The highest BCUT2D eigenvalue weighted by molar-refractivity contribution is 5.94. The van der Waals surface area contributed by atoms with Crippen molar-refractivity contribution >= 4 is 5.97 Å². The molecular formula is C15H9F3O2. The molecule has 0 N–H and O–H groups in total. The van der Waals surface area contributed by atoms with E-state index < -0.39 is 23.8 Å². The van der Waals surface area contributed by atoms with E-state index in [0.717, 1.165) is 12.1 Å². The van der Waals surface area contributed by atoms with E-state index >= 15 is 0 Å². The van der Waals surface area contributed by atoms with Gasteiger partial charge in [-0.25, -0.2) is 4.79 Å². The molecule has 1 aliphatic heterocycles. The zero-order chi connectivity index (χ0) is 14.3. The first-order chi connectivity index (χ1) is 9.47. The first-order valence-electron chi connectivity index (χ1n) is 5.94. The van der Waals surface area contributed by atoms with Crippen molar-refractivity contribution < 1.29 is 22.7 Å². The number of benzene rings is 2. The van der Waals surface area contributed by atoms with Gasteiger partial charge in [-0.05, 0) is 23.8 Å². The largest absolute Gasteiger partial charge is 0.449 e. The number of hydrogen-bond donors (Lipinski definition) is 0. The van der Waals surface area contributed by atoms with Gasteiger partial charge >= 0.3 is 12.1 Å². The Morgan fingerprint density at radius 2 is 1.60 bits per heavy atom. The van der Waals surface area contributed by atoms with E-state index in [1.165, 1.54) is 12.1 Å². The average Bonchev–Trinajstić information content (AvgIpc) is 2.76. The van der Waals surface area contributed by atoms with Crippen LogP contribution in [0, 0.1) is 0 Å². The molecule has 0 unspecified atom stereocenters. The minimum Gasteiger partial charge on any atom is -0.449 e. The number of esters is 1. The van der Waals surface area contributed by atoms with Crippen molar-refractivity contribution in [2.75, 3.05) is 0 Å². The molecule has 0 radical (unpaired) electrons. The Hall–Kier alpha value is -2.30. The lowest BCUT2D eigenvalue weighted by Gasteiger charge is -2.12. The fourth-order valence-electron chi connectivity index (χ4n) is 2.24. The number of fused-ring (bicyclic) bond motifs is 1. The van der Waals surface area contributed by atoms with E-state index in [-0.39, 0.29) is 0 Å². The number of halogens is 3. The van der Waals surface area contributed by atoms with Gasteiger partial charge in [0.2, 0.25) is 0 Å². The van der Waals surface area contributed by atoms with Gasteiger partial charge in [0.05, 0.1) is 11.1 Å². The molecule has 0 saturated heterocycles. The van der Waals surface area contributed by atoms with Gasteiger partial charge in [-0.3, -0.25) is 0 Å². The topological polar surface area (TPSA) is 26.3 Å². The molecule has 0 spiro atoms. The van der Waals surface area contributed by atoms with Crippen molar-refractivity contribution in [3.05, 3.63) is 70.8 Å². The number of alkyl halides is 3. The van der Waals surface area contributed by atoms with Crippen molar-refractivity contribution in [3.63, 3.8) is 0 Å². The monoisotopic (exact) mass is 278 g/mol. The first kappa shape index (κ1) is 12.7. The average molecular weight is 278 g/mol. The van der Waals surface area contributed by atoms with Crippen LogP contribution >= 0.6 is 0 Å². The van der Waals surface area contributed by atoms with Crippen LogP contribution in [0.5, 0.6) is 0 Å². The van der Waals surface area contributed by atoms with E-state index in [2.05, 4.69) is 0 Å². The van der Waals surface area contributed by atoms with Crippen LogP contribution in [0.3, 0.4) is 0 Å². The van der Waals surface area contributed by atoms with Crippen molar-refractivity contribution in [1.29, 1.82) is 0 Å². The van der Waals surface area contributed by atoms with Crippen LogP contribution in [0.1, 0.15) is 33.2 Å². The molecule has 2 aromatic rings. The molecule has 1 aliphatic rings. The number of rotatable bonds is 1. The molecule has 0 fully saturated rings. The number of cyclic esters (lactones) is 1. The predicted octanol–water partition coefficient (Wildman–Crippen LogP) is 3.97. The Morgan fingerprint density at radius 3 is 2.25 bits per heavy atom. The van der Waals surface area contributed by atoms with E-state index in [1.807, 2.05) is 0 Å². The number of carbonyl (C=O) groups excluding carboxylic acids is 1. The van der Waals surface area contributed by atoms with E-state index in [4.69, 9.17) is 4.74 Å². The third-order valence-corrected chi connectivity index (χ3v) is 3.23. The fourth-order valence-corrected chi connectivity index (χ4v) is 2.24. The smallest absolute Gasteiger partial charge is 0.416 e. The van der Waals surface area contributed by atoms with E-state index in [0.29, 0.717) is 16.7 Å². The van der Waals surface area contributed by atoms with Crippen molar-refractivity contribution in [2.24, 2.45) is 0 Å². The van der Waals surface area contributed by atoms with Crippen LogP contribution in [0.4, 0.5) is 13.2 Å². The molecule has 2 aromatic carbocycles. The molecule has 0 amide bonds. The molecule has 0 saturated carbocycles. The molecule has 0 bridgehead atoms. The molecule has 5 heteroatoms. The molecule has 0 aromatic heterocycles. The van der Waals surface area contributed by atoms with Gasteiger partial charge in [0.15, 0.2) is 6.10 Å². The molecule has 2 nitrogen and oxygen atoms in total. The highest BCUT2D eigenvalue weighted by Gasteiger charge is 2.33. The molecule has 3 rings (SSSR count). The molecule has 1 atom stereocenters. The van der Waals surface area contributed by atoms with Crippen molar-refractivity contribution in [1.82, 2.24) is 0 Å². The number of ether oxygens (including phenoxy) is 1.